The first-order valence-corrected chi connectivity index (χ1v) is 10.9. The third-order valence-electron chi connectivity index (χ3n) is 6.16. The maximum Gasteiger partial charge on any atom is 0.242 e. The van der Waals surface area contributed by atoms with Gasteiger partial charge in [0.25, 0.3) is 0 Å². The van der Waals surface area contributed by atoms with Gasteiger partial charge in [0, 0.05) is 19.0 Å². The number of benzene rings is 1. The molecule has 1 aromatic rings. The lowest BCUT2D eigenvalue weighted by atomic mass is 9.89. The van der Waals surface area contributed by atoms with Gasteiger partial charge < -0.3 is 16.0 Å². The standard InChI is InChI=1S/C23H33N3O3/c1-16(25-21(27)15-18-10-5-6-11-18)22(28)26-20-12-7-13-24-23(29)19(20)14-17-8-3-2-4-9-17/h2-4,8-9,16,18-20H,5-7,10-15H2,1H3,(H,24,29)(H,25,27)(H,26,28)/t16-,19?,20-/m0/s1. The lowest BCUT2D eigenvalue weighted by Crippen LogP contribution is -2.52. The average Bonchev–Trinajstić information content (AvgIpc) is 3.15. The van der Waals surface area contributed by atoms with E-state index in [1.807, 2.05) is 30.3 Å². The van der Waals surface area contributed by atoms with Gasteiger partial charge in [0.05, 0.1) is 5.92 Å². The fourth-order valence-corrected chi connectivity index (χ4v) is 4.47. The molecule has 0 spiro atoms. The molecule has 6 heteroatoms. The van der Waals surface area contributed by atoms with Crippen LogP contribution < -0.4 is 16.0 Å². The van der Waals surface area contributed by atoms with E-state index in [1.165, 1.54) is 12.8 Å². The summed E-state index contributed by atoms with van der Waals surface area (Å²) in [6.45, 7) is 2.34. The molecule has 1 aromatic carbocycles. The smallest absolute Gasteiger partial charge is 0.242 e. The molecule has 29 heavy (non-hydrogen) atoms. The second-order valence-electron chi connectivity index (χ2n) is 8.49. The molecule has 1 saturated heterocycles. The van der Waals surface area contributed by atoms with Crippen molar-refractivity contribution in [3.8, 4) is 0 Å². The van der Waals surface area contributed by atoms with E-state index in [0.717, 1.165) is 31.2 Å². The van der Waals surface area contributed by atoms with Gasteiger partial charge in [-0.2, -0.15) is 0 Å². The van der Waals surface area contributed by atoms with Gasteiger partial charge in [0.15, 0.2) is 0 Å². The largest absolute Gasteiger partial charge is 0.356 e. The van der Waals surface area contributed by atoms with Crippen LogP contribution in [0.1, 0.15) is 57.4 Å². The third-order valence-corrected chi connectivity index (χ3v) is 6.16. The summed E-state index contributed by atoms with van der Waals surface area (Å²) in [5.74, 6) is -0.160. The van der Waals surface area contributed by atoms with Crippen molar-refractivity contribution < 1.29 is 14.4 Å². The molecule has 1 saturated carbocycles. The molecule has 6 nitrogen and oxygen atoms in total. The Morgan fingerprint density at radius 1 is 1.10 bits per heavy atom. The van der Waals surface area contributed by atoms with Gasteiger partial charge in [0.2, 0.25) is 17.7 Å². The molecule has 3 N–H and O–H groups in total. The summed E-state index contributed by atoms with van der Waals surface area (Å²) in [5.41, 5.74) is 1.08. The Morgan fingerprint density at radius 2 is 1.83 bits per heavy atom. The Labute approximate surface area is 173 Å². The van der Waals surface area contributed by atoms with Crippen molar-refractivity contribution in [3.05, 3.63) is 35.9 Å². The van der Waals surface area contributed by atoms with Gasteiger partial charge in [0.1, 0.15) is 6.04 Å². The molecule has 0 bridgehead atoms. The van der Waals surface area contributed by atoms with Gasteiger partial charge in [-0.1, -0.05) is 43.2 Å². The predicted molar refractivity (Wildman–Crippen MR) is 112 cm³/mol. The molecule has 1 heterocycles. The van der Waals surface area contributed by atoms with Crippen molar-refractivity contribution in [2.75, 3.05) is 6.54 Å². The quantitative estimate of drug-likeness (QED) is 0.658. The first kappa shape index (κ1) is 21.3. The zero-order valence-electron chi connectivity index (χ0n) is 17.3. The Bertz CT molecular complexity index is 701. The lowest BCUT2D eigenvalue weighted by molar-refractivity contribution is -0.130. The first-order valence-electron chi connectivity index (χ1n) is 10.9. The molecule has 2 aliphatic rings. The summed E-state index contributed by atoms with van der Waals surface area (Å²) < 4.78 is 0. The molecule has 1 unspecified atom stereocenters. The molecule has 0 radical (unpaired) electrons. The summed E-state index contributed by atoms with van der Waals surface area (Å²) in [6.07, 6.45) is 7.25. The van der Waals surface area contributed by atoms with Gasteiger partial charge in [-0.25, -0.2) is 0 Å². The summed E-state index contributed by atoms with van der Waals surface area (Å²) in [6, 6.07) is 9.03. The SMILES string of the molecule is C[C@H](NC(=O)CC1CCCC1)C(=O)N[C@H]1CCCNC(=O)C1Cc1ccccc1. The highest BCUT2D eigenvalue weighted by molar-refractivity contribution is 5.88. The summed E-state index contributed by atoms with van der Waals surface area (Å²) >= 11 is 0. The van der Waals surface area contributed by atoms with Crippen molar-refractivity contribution >= 4 is 17.7 Å². The Hall–Kier alpha value is -2.37. The van der Waals surface area contributed by atoms with Crippen molar-refractivity contribution in [1.82, 2.24) is 16.0 Å². The number of hydrogen-bond acceptors (Lipinski definition) is 3. The minimum atomic E-state index is -0.604. The van der Waals surface area contributed by atoms with Crippen LogP contribution in [0.5, 0.6) is 0 Å². The highest BCUT2D eigenvalue weighted by atomic mass is 16.2. The lowest BCUT2D eigenvalue weighted by Gasteiger charge is -2.26. The zero-order valence-corrected chi connectivity index (χ0v) is 17.3. The van der Waals surface area contributed by atoms with Crippen molar-refractivity contribution in [1.29, 1.82) is 0 Å². The van der Waals surface area contributed by atoms with Crippen LogP contribution in [-0.4, -0.2) is 36.3 Å². The molecule has 1 aliphatic carbocycles. The Morgan fingerprint density at radius 3 is 2.55 bits per heavy atom. The van der Waals surface area contributed by atoms with Crippen molar-refractivity contribution in [3.63, 3.8) is 0 Å². The second-order valence-corrected chi connectivity index (χ2v) is 8.49. The first-order chi connectivity index (χ1) is 14.0. The average molecular weight is 400 g/mol. The van der Waals surface area contributed by atoms with Crippen LogP contribution in [0.4, 0.5) is 0 Å². The Kier molecular flexibility index (Phi) is 7.67. The summed E-state index contributed by atoms with van der Waals surface area (Å²) in [7, 11) is 0. The fraction of sp³-hybridized carbons (Fsp3) is 0.609. The molecule has 2 fully saturated rings. The van der Waals surface area contributed by atoms with Crippen LogP contribution in [0.25, 0.3) is 0 Å². The van der Waals surface area contributed by atoms with E-state index >= 15 is 0 Å². The minimum absolute atomic E-state index is 0.0189. The van der Waals surface area contributed by atoms with Crippen LogP contribution in [-0.2, 0) is 20.8 Å². The third kappa shape index (κ3) is 6.31. The van der Waals surface area contributed by atoms with E-state index < -0.39 is 6.04 Å². The Balaban J connectivity index is 1.57. The van der Waals surface area contributed by atoms with Crippen molar-refractivity contribution in [2.24, 2.45) is 11.8 Å². The summed E-state index contributed by atoms with van der Waals surface area (Å²) in [4.78, 5) is 37.6. The summed E-state index contributed by atoms with van der Waals surface area (Å²) in [5, 5.41) is 8.84. The molecule has 3 amide bonds. The topological polar surface area (TPSA) is 87.3 Å². The molecule has 1 aliphatic heterocycles. The molecule has 0 aromatic heterocycles. The van der Waals surface area contributed by atoms with E-state index in [9.17, 15) is 14.4 Å². The van der Waals surface area contributed by atoms with E-state index in [1.54, 1.807) is 6.92 Å². The number of nitrogens with one attached hydrogen (secondary N) is 3. The van der Waals surface area contributed by atoms with E-state index in [0.29, 0.717) is 25.3 Å². The van der Waals surface area contributed by atoms with Gasteiger partial charge in [-0.15, -0.1) is 0 Å². The molecule has 3 atom stereocenters. The number of carbonyl (C=O) groups is 3. The molecule has 158 valence electrons. The molecular formula is C23H33N3O3. The van der Waals surface area contributed by atoms with E-state index in [-0.39, 0.29) is 29.7 Å². The number of amides is 3. The molecular weight excluding hydrogens is 366 g/mol. The molecule has 3 rings (SSSR count). The predicted octanol–water partition coefficient (Wildman–Crippen LogP) is 2.33. The van der Waals surface area contributed by atoms with Gasteiger partial charge >= 0.3 is 0 Å². The van der Waals surface area contributed by atoms with Crippen LogP contribution in [0.2, 0.25) is 0 Å². The monoisotopic (exact) mass is 399 g/mol. The fourth-order valence-electron chi connectivity index (χ4n) is 4.47. The highest BCUT2D eigenvalue weighted by Gasteiger charge is 2.32. The number of rotatable bonds is 7. The number of carbonyl (C=O) groups excluding carboxylic acids is 3. The normalized spacial score (nSPS) is 23.7. The van der Waals surface area contributed by atoms with Crippen LogP contribution >= 0.6 is 0 Å². The zero-order chi connectivity index (χ0) is 20.6. The maximum absolute atomic E-state index is 12.7. The van der Waals surface area contributed by atoms with Gasteiger partial charge in [-0.05, 0) is 50.5 Å². The van der Waals surface area contributed by atoms with Crippen LogP contribution in [0.3, 0.4) is 0 Å². The van der Waals surface area contributed by atoms with Crippen LogP contribution in [0, 0.1) is 11.8 Å². The minimum Gasteiger partial charge on any atom is -0.356 e. The second kappa shape index (κ2) is 10.4. The van der Waals surface area contributed by atoms with Crippen molar-refractivity contribution in [2.45, 2.75) is 70.4 Å². The van der Waals surface area contributed by atoms with E-state index in [4.69, 9.17) is 0 Å². The van der Waals surface area contributed by atoms with Gasteiger partial charge in [-0.3, -0.25) is 14.4 Å². The maximum atomic E-state index is 12.7. The highest BCUT2D eigenvalue weighted by Crippen LogP contribution is 2.27. The van der Waals surface area contributed by atoms with E-state index in [2.05, 4.69) is 16.0 Å². The number of hydrogen-bond donors (Lipinski definition) is 3. The van der Waals surface area contributed by atoms with Crippen LogP contribution in [0.15, 0.2) is 30.3 Å².